The fourth-order valence-electron chi connectivity index (χ4n) is 2.61. The smallest absolute Gasteiger partial charge is 0.162 e. The van der Waals surface area contributed by atoms with Gasteiger partial charge in [0.15, 0.2) is 5.65 Å². The first kappa shape index (κ1) is 14.4. The Morgan fingerprint density at radius 3 is 3.00 bits per heavy atom. The van der Waals surface area contributed by atoms with Crippen LogP contribution in [0.1, 0.15) is 36.1 Å². The third-order valence-electron chi connectivity index (χ3n) is 3.57. The third kappa shape index (κ3) is 2.61. The van der Waals surface area contributed by atoms with Crippen LogP contribution in [0.2, 0.25) is 0 Å². The van der Waals surface area contributed by atoms with E-state index < -0.39 is 0 Å². The van der Waals surface area contributed by atoms with Crippen LogP contribution in [0, 0.1) is 6.92 Å². The van der Waals surface area contributed by atoms with Crippen LogP contribution >= 0.6 is 0 Å². The summed E-state index contributed by atoms with van der Waals surface area (Å²) in [4.78, 5) is 13.0. The van der Waals surface area contributed by atoms with Crippen molar-refractivity contribution in [2.24, 2.45) is 4.99 Å². The molecule has 0 amide bonds. The van der Waals surface area contributed by atoms with Crippen LogP contribution in [0.25, 0.3) is 5.65 Å². The van der Waals surface area contributed by atoms with Gasteiger partial charge >= 0.3 is 0 Å². The lowest BCUT2D eigenvalue weighted by atomic mass is 10.1. The summed E-state index contributed by atoms with van der Waals surface area (Å²) in [6.45, 7) is 8.03. The number of hydrogen-bond acceptors (Lipinski definition) is 5. The molecule has 0 saturated heterocycles. The van der Waals surface area contributed by atoms with Crippen LogP contribution in [0.5, 0.6) is 0 Å². The molecule has 114 valence electrons. The number of nitrogens with zero attached hydrogens (tertiary/aromatic N) is 7. The van der Waals surface area contributed by atoms with Crippen molar-refractivity contribution in [3.63, 3.8) is 0 Å². The van der Waals surface area contributed by atoms with E-state index in [4.69, 9.17) is 0 Å². The lowest BCUT2D eigenvalue weighted by Crippen LogP contribution is -2.08. The van der Waals surface area contributed by atoms with E-state index in [1.165, 1.54) is 0 Å². The molecule has 0 aromatic carbocycles. The van der Waals surface area contributed by atoms with Crippen molar-refractivity contribution in [1.82, 2.24) is 29.4 Å². The predicted molar refractivity (Wildman–Crippen MR) is 84.1 cm³/mol. The van der Waals surface area contributed by atoms with E-state index in [9.17, 15) is 0 Å². The second kappa shape index (κ2) is 6.05. The van der Waals surface area contributed by atoms with Gasteiger partial charge in [-0.2, -0.15) is 10.2 Å². The van der Waals surface area contributed by atoms with Gasteiger partial charge < -0.3 is 0 Å². The normalized spacial score (nSPS) is 11.2. The number of aliphatic imine (C=N–C) groups is 1. The molecule has 0 fully saturated rings. The molecule has 0 bridgehead atoms. The van der Waals surface area contributed by atoms with Crippen molar-refractivity contribution in [1.29, 1.82) is 0 Å². The van der Waals surface area contributed by atoms with Crippen molar-refractivity contribution in [2.75, 3.05) is 0 Å². The summed E-state index contributed by atoms with van der Waals surface area (Å²) in [6.07, 6.45) is 6.18. The molecule has 0 spiro atoms. The van der Waals surface area contributed by atoms with Gasteiger partial charge in [-0.15, -0.1) is 0 Å². The Morgan fingerprint density at radius 2 is 2.23 bits per heavy atom. The Labute approximate surface area is 128 Å². The SMILES string of the molecule is C=NCn1nccc1Cc1ncn2nc(C)nc2c1CCC. The second-order valence-corrected chi connectivity index (χ2v) is 5.21. The minimum absolute atomic E-state index is 0.456. The summed E-state index contributed by atoms with van der Waals surface area (Å²) in [6, 6.07) is 1.99. The maximum absolute atomic E-state index is 4.59. The zero-order chi connectivity index (χ0) is 15.5. The molecule has 3 heterocycles. The van der Waals surface area contributed by atoms with Crippen LogP contribution in [-0.2, 0) is 19.5 Å². The minimum atomic E-state index is 0.456. The first-order valence-electron chi connectivity index (χ1n) is 7.35. The van der Waals surface area contributed by atoms with Gasteiger partial charge in [0.2, 0.25) is 0 Å². The zero-order valence-electron chi connectivity index (χ0n) is 12.9. The molecule has 7 nitrogen and oxygen atoms in total. The Balaban J connectivity index is 2.03. The van der Waals surface area contributed by atoms with Crippen LogP contribution in [-0.4, -0.2) is 36.1 Å². The minimum Gasteiger partial charge on any atom is -0.278 e. The van der Waals surface area contributed by atoms with E-state index in [0.29, 0.717) is 13.1 Å². The van der Waals surface area contributed by atoms with Crippen LogP contribution in [0.15, 0.2) is 23.6 Å². The van der Waals surface area contributed by atoms with Gasteiger partial charge in [-0.05, 0) is 26.1 Å². The summed E-state index contributed by atoms with van der Waals surface area (Å²) in [5.74, 6) is 0.761. The fourth-order valence-corrected chi connectivity index (χ4v) is 2.61. The second-order valence-electron chi connectivity index (χ2n) is 5.21. The van der Waals surface area contributed by atoms with Gasteiger partial charge in [-0.25, -0.2) is 19.2 Å². The van der Waals surface area contributed by atoms with E-state index >= 15 is 0 Å². The number of fused-ring (bicyclic) bond motifs is 1. The summed E-state index contributed by atoms with van der Waals surface area (Å²) < 4.78 is 3.59. The van der Waals surface area contributed by atoms with Gasteiger partial charge in [-0.3, -0.25) is 4.99 Å². The summed E-state index contributed by atoms with van der Waals surface area (Å²) in [5, 5.41) is 8.61. The van der Waals surface area contributed by atoms with Crippen molar-refractivity contribution in [2.45, 2.75) is 39.8 Å². The molecule has 3 rings (SSSR count). The Morgan fingerprint density at radius 1 is 1.36 bits per heavy atom. The van der Waals surface area contributed by atoms with Gasteiger partial charge in [0.25, 0.3) is 0 Å². The number of aromatic nitrogens is 6. The highest BCUT2D eigenvalue weighted by Gasteiger charge is 2.14. The van der Waals surface area contributed by atoms with Crippen molar-refractivity contribution in [3.8, 4) is 0 Å². The predicted octanol–water partition coefficient (Wildman–Crippen LogP) is 1.83. The highest BCUT2D eigenvalue weighted by atomic mass is 15.3. The van der Waals surface area contributed by atoms with E-state index in [0.717, 1.165) is 41.3 Å². The standard InChI is InChI=1S/C15H19N7/c1-4-5-13-14(8-12-6-7-18-21(12)9-16-3)17-10-22-15(13)19-11(2)20-22/h6-7,10H,3-5,8-9H2,1-2H3. The fraction of sp³-hybridized carbons (Fsp3) is 0.400. The maximum atomic E-state index is 4.59. The molecule has 22 heavy (non-hydrogen) atoms. The van der Waals surface area contributed by atoms with Crippen molar-refractivity contribution >= 4 is 12.4 Å². The maximum Gasteiger partial charge on any atom is 0.162 e. The summed E-state index contributed by atoms with van der Waals surface area (Å²) in [5.41, 5.74) is 4.15. The van der Waals surface area contributed by atoms with Crippen LogP contribution in [0.4, 0.5) is 0 Å². The molecule has 0 radical (unpaired) electrons. The molecular formula is C15H19N7. The lowest BCUT2D eigenvalue weighted by molar-refractivity contribution is 0.612. The number of hydrogen-bond donors (Lipinski definition) is 0. The number of rotatable bonds is 6. The van der Waals surface area contributed by atoms with Crippen LogP contribution in [0.3, 0.4) is 0 Å². The molecule has 7 heteroatoms. The lowest BCUT2D eigenvalue weighted by Gasteiger charge is -2.09. The van der Waals surface area contributed by atoms with Gasteiger partial charge in [0.1, 0.15) is 18.8 Å². The Kier molecular flexibility index (Phi) is 3.95. The highest BCUT2D eigenvalue weighted by Crippen LogP contribution is 2.18. The molecule has 0 N–H and O–H groups in total. The number of aryl methyl sites for hydroxylation is 2. The van der Waals surface area contributed by atoms with E-state index in [2.05, 4.69) is 38.8 Å². The monoisotopic (exact) mass is 297 g/mol. The van der Waals surface area contributed by atoms with E-state index in [1.807, 2.05) is 17.7 Å². The zero-order valence-corrected chi connectivity index (χ0v) is 12.9. The molecule has 0 saturated carbocycles. The molecule has 0 atom stereocenters. The largest absolute Gasteiger partial charge is 0.278 e. The average Bonchev–Trinajstić information content (AvgIpc) is 3.08. The molecule has 0 unspecified atom stereocenters. The Hall–Kier alpha value is -2.57. The van der Waals surface area contributed by atoms with Crippen molar-refractivity contribution < 1.29 is 0 Å². The molecule has 3 aromatic heterocycles. The van der Waals surface area contributed by atoms with E-state index in [-0.39, 0.29) is 0 Å². The molecule has 0 aliphatic carbocycles. The molecule has 0 aliphatic rings. The van der Waals surface area contributed by atoms with Gasteiger partial charge in [-0.1, -0.05) is 13.3 Å². The summed E-state index contributed by atoms with van der Waals surface area (Å²) in [7, 11) is 0. The third-order valence-corrected chi connectivity index (χ3v) is 3.57. The van der Waals surface area contributed by atoms with Crippen LogP contribution < -0.4 is 0 Å². The first-order valence-corrected chi connectivity index (χ1v) is 7.35. The quantitative estimate of drug-likeness (QED) is 0.651. The first-order chi connectivity index (χ1) is 10.7. The van der Waals surface area contributed by atoms with E-state index in [1.54, 1.807) is 17.0 Å². The Bertz CT molecular complexity index is 799. The molecule has 0 aliphatic heterocycles. The average molecular weight is 297 g/mol. The highest BCUT2D eigenvalue weighted by molar-refractivity contribution is 5.49. The van der Waals surface area contributed by atoms with Gasteiger partial charge in [0, 0.05) is 23.9 Å². The topological polar surface area (TPSA) is 73.3 Å². The molecule has 3 aromatic rings. The van der Waals surface area contributed by atoms with Crippen molar-refractivity contribution in [3.05, 3.63) is 41.4 Å². The summed E-state index contributed by atoms with van der Waals surface area (Å²) >= 11 is 0. The van der Waals surface area contributed by atoms with Gasteiger partial charge in [0.05, 0.1) is 5.69 Å². The molecular weight excluding hydrogens is 278 g/mol.